The van der Waals surface area contributed by atoms with E-state index in [9.17, 15) is 14.0 Å². The highest BCUT2D eigenvalue weighted by atomic mass is 32.1. The molecule has 0 aliphatic heterocycles. The molecule has 3 aromatic carbocycles. The Bertz CT molecular complexity index is 1540. The van der Waals surface area contributed by atoms with Gasteiger partial charge in [0, 0.05) is 10.1 Å². The number of fused-ring (bicyclic) bond motifs is 3. The van der Waals surface area contributed by atoms with Gasteiger partial charge in [0.05, 0.1) is 17.7 Å². The molecule has 0 spiro atoms. The molecule has 31 heavy (non-hydrogen) atoms. The van der Waals surface area contributed by atoms with Crippen molar-refractivity contribution in [3.63, 3.8) is 0 Å². The van der Waals surface area contributed by atoms with E-state index in [0.717, 1.165) is 22.1 Å². The van der Waals surface area contributed by atoms with E-state index in [0.29, 0.717) is 21.5 Å². The van der Waals surface area contributed by atoms with Crippen molar-refractivity contribution in [3.8, 4) is 5.69 Å². The molecule has 5 rings (SSSR count). The summed E-state index contributed by atoms with van der Waals surface area (Å²) < 4.78 is 18.1. The van der Waals surface area contributed by atoms with Crippen molar-refractivity contribution in [2.45, 2.75) is 19.9 Å². The second-order valence-corrected chi connectivity index (χ2v) is 8.49. The van der Waals surface area contributed by atoms with E-state index < -0.39 is 5.69 Å². The van der Waals surface area contributed by atoms with Crippen molar-refractivity contribution in [1.82, 2.24) is 9.13 Å². The Labute approximate surface area is 181 Å². The Kier molecular flexibility index (Phi) is 4.79. The molecule has 5 aromatic rings. The van der Waals surface area contributed by atoms with E-state index in [4.69, 9.17) is 0 Å². The van der Waals surface area contributed by atoms with Gasteiger partial charge in [0.15, 0.2) is 0 Å². The lowest BCUT2D eigenvalue weighted by Crippen LogP contribution is -2.38. The van der Waals surface area contributed by atoms with Gasteiger partial charge in [0.25, 0.3) is 5.56 Å². The zero-order chi connectivity index (χ0) is 21.5. The smallest absolute Gasteiger partial charge is 0.287 e. The molecular formula is C25H19FN2O2S. The van der Waals surface area contributed by atoms with Crippen molar-refractivity contribution < 1.29 is 4.39 Å². The fourth-order valence-electron chi connectivity index (χ4n) is 3.92. The zero-order valence-electron chi connectivity index (χ0n) is 16.8. The van der Waals surface area contributed by atoms with Gasteiger partial charge in [0.2, 0.25) is 0 Å². The van der Waals surface area contributed by atoms with Crippen LogP contribution in [0.2, 0.25) is 0 Å². The summed E-state index contributed by atoms with van der Waals surface area (Å²) in [6.45, 7) is 2.22. The first-order valence-corrected chi connectivity index (χ1v) is 10.9. The number of nitrogens with zero attached hydrogens (tertiary/aromatic N) is 2. The molecule has 0 fully saturated rings. The standard InChI is InChI=1S/C25H19FN2O2S/c1-2-16-10-12-19(13-11-16)28-24(29)23-22(20-8-3-4-9-21(20)31-23)27(25(28)30)15-17-6-5-7-18(26)14-17/h3-14H,2,15H2,1H3. The van der Waals surface area contributed by atoms with Gasteiger partial charge in [-0.15, -0.1) is 11.3 Å². The van der Waals surface area contributed by atoms with Crippen molar-refractivity contribution in [3.05, 3.63) is 111 Å². The molecule has 0 atom stereocenters. The number of aromatic nitrogens is 2. The van der Waals surface area contributed by atoms with Gasteiger partial charge in [-0.2, -0.15) is 0 Å². The molecule has 0 bridgehead atoms. The number of benzene rings is 3. The molecule has 2 heterocycles. The van der Waals surface area contributed by atoms with E-state index in [1.165, 1.54) is 28.0 Å². The van der Waals surface area contributed by atoms with Gasteiger partial charge in [-0.25, -0.2) is 13.8 Å². The zero-order valence-corrected chi connectivity index (χ0v) is 17.7. The lowest BCUT2D eigenvalue weighted by molar-refractivity contribution is 0.622. The van der Waals surface area contributed by atoms with Crippen LogP contribution in [-0.4, -0.2) is 9.13 Å². The largest absolute Gasteiger partial charge is 0.336 e. The summed E-state index contributed by atoms with van der Waals surface area (Å²) in [4.78, 5) is 27.1. The molecule has 0 unspecified atom stereocenters. The van der Waals surface area contributed by atoms with Crippen LogP contribution in [0.25, 0.3) is 26.0 Å². The van der Waals surface area contributed by atoms with Gasteiger partial charge < -0.3 is 0 Å². The predicted octanol–water partition coefficient (Wildman–Crippen LogP) is 5.12. The Morgan fingerprint density at radius 2 is 1.68 bits per heavy atom. The van der Waals surface area contributed by atoms with Gasteiger partial charge in [0.1, 0.15) is 10.5 Å². The first-order chi connectivity index (χ1) is 15.1. The molecule has 0 aliphatic carbocycles. The molecule has 4 nitrogen and oxygen atoms in total. The summed E-state index contributed by atoms with van der Waals surface area (Å²) in [7, 11) is 0. The minimum absolute atomic E-state index is 0.168. The van der Waals surface area contributed by atoms with Crippen molar-refractivity contribution >= 4 is 31.6 Å². The van der Waals surface area contributed by atoms with Crippen LogP contribution in [0.5, 0.6) is 0 Å². The molecule has 154 valence electrons. The third-order valence-corrected chi connectivity index (χ3v) is 6.64. The molecule has 0 N–H and O–H groups in total. The second-order valence-electron chi connectivity index (χ2n) is 7.44. The Hall–Kier alpha value is -3.51. The minimum Gasteiger partial charge on any atom is -0.287 e. The average molecular weight is 431 g/mol. The lowest BCUT2D eigenvalue weighted by Gasteiger charge is -2.13. The molecular weight excluding hydrogens is 411 g/mol. The second kappa shape index (κ2) is 7.63. The average Bonchev–Trinajstić information content (AvgIpc) is 3.17. The Balaban J connectivity index is 1.85. The highest BCUT2D eigenvalue weighted by molar-refractivity contribution is 7.25. The predicted molar refractivity (Wildman–Crippen MR) is 124 cm³/mol. The number of thiophene rings is 1. The van der Waals surface area contributed by atoms with Crippen molar-refractivity contribution in [2.75, 3.05) is 0 Å². The summed E-state index contributed by atoms with van der Waals surface area (Å²) in [5.41, 5.74) is 2.14. The van der Waals surface area contributed by atoms with Crippen LogP contribution in [0.4, 0.5) is 4.39 Å². The molecule has 2 aromatic heterocycles. The molecule has 0 amide bonds. The fraction of sp³-hybridized carbons (Fsp3) is 0.120. The third kappa shape index (κ3) is 3.29. The van der Waals surface area contributed by atoms with E-state index in [2.05, 4.69) is 6.92 Å². The number of aryl methyl sites for hydroxylation is 1. The summed E-state index contributed by atoms with van der Waals surface area (Å²) in [5, 5.41) is 0.849. The Morgan fingerprint density at radius 3 is 2.42 bits per heavy atom. The highest BCUT2D eigenvalue weighted by Crippen LogP contribution is 2.31. The van der Waals surface area contributed by atoms with Crippen LogP contribution in [-0.2, 0) is 13.0 Å². The minimum atomic E-state index is -0.436. The maximum absolute atomic E-state index is 13.8. The van der Waals surface area contributed by atoms with Crippen LogP contribution >= 0.6 is 11.3 Å². The summed E-state index contributed by atoms with van der Waals surface area (Å²) >= 11 is 1.37. The summed E-state index contributed by atoms with van der Waals surface area (Å²) in [6, 6.07) is 21.3. The summed E-state index contributed by atoms with van der Waals surface area (Å²) in [6.07, 6.45) is 0.869. The monoisotopic (exact) mass is 430 g/mol. The molecule has 0 saturated heterocycles. The van der Waals surface area contributed by atoms with Crippen LogP contribution in [0.1, 0.15) is 18.1 Å². The topological polar surface area (TPSA) is 44.0 Å². The third-order valence-electron chi connectivity index (χ3n) is 5.49. The summed E-state index contributed by atoms with van der Waals surface area (Å²) in [5.74, 6) is -0.361. The number of halogens is 1. The van der Waals surface area contributed by atoms with Crippen molar-refractivity contribution in [1.29, 1.82) is 0 Å². The van der Waals surface area contributed by atoms with Gasteiger partial charge >= 0.3 is 5.69 Å². The number of hydrogen-bond acceptors (Lipinski definition) is 3. The van der Waals surface area contributed by atoms with Gasteiger partial charge in [-0.1, -0.05) is 49.4 Å². The van der Waals surface area contributed by atoms with Crippen LogP contribution in [0.3, 0.4) is 0 Å². The highest BCUT2D eigenvalue weighted by Gasteiger charge is 2.19. The van der Waals surface area contributed by atoms with E-state index in [1.807, 2.05) is 36.4 Å². The van der Waals surface area contributed by atoms with Crippen LogP contribution in [0, 0.1) is 5.82 Å². The molecule has 6 heteroatoms. The maximum Gasteiger partial charge on any atom is 0.336 e. The normalized spacial score (nSPS) is 11.4. The number of hydrogen-bond donors (Lipinski definition) is 0. The Morgan fingerprint density at radius 1 is 0.903 bits per heavy atom. The number of rotatable bonds is 4. The van der Waals surface area contributed by atoms with Crippen LogP contribution < -0.4 is 11.2 Å². The van der Waals surface area contributed by atoms with E-state index >= 15 is 0 Å². The van der Waals surface area contributed by atoms with Gasteiger partial charge in [-0.05, 0) is 47.9 Å². The van der Waals surface area contributed by atoms with E-state index in [1.54, 1.807) is 28.8 Å². The SMILES string of the molecule is CCc1ccc(-n2c(=O)c3sc4ccccc4c3n(Cc3cccc(F)c3)c2=O)cc1. The molecule has 0 saturated carbocycles. The van der Waals surface area contributed by atoms with E-state index in [-0.39, 0.29) is 17.9 Å². The quantitative estimate of drug-likeness (QED) is 0.397. The fourth-order valence-corrected chi connectivity index (χ4v) is 5.06. The van der Waals surface area contributed by atoms with Crippen LogP contribution in [0.15, 0.2) is 82.4 Å². The maximum atomic E-state index is 13.8. The molecule has 0 aliphatic rings. The van der Waals surface area contributed by atoms with Gasteiger partial charge in [-0.3, -0.25) is 9.36 Å². The lowest BCUT2D eigenvalue weighted by atomic mass is 10.1. The van der Waals surface area contributed by atoms with Crippen molar-refractivity contribution in [2.24, 2.45) is 0 Å². The first-order valence-electron chi connectivity index (χ1n) is 10.1. The first kappa shape index (κ1) is 19.5. The molecule has 0 radical (unpaired) electrons.